The molecule has 0 spiro atoms. The van der Waals surface area contributed by atoms with Gasteiger partial charge in [0.05, 0.1) is 0 Å². The van der Waals surface area contributed by atoms with Crippen molar-refractivity contribution in [3.05, 3.63) is 38.4 Å². The van der Waals surface area contributed by atoms with Crippen molar-refractivity contribution in [2.24, 2.45) is 19.3 Å². The molecule has 0 fully saturated rings. The van der Waals surface area contributed by atoms with E-state index in [2.05, 4.69) is 17.1 Å². The van der Waals surface area contributed by atoms with Gasteiger partial charge in [0, 0.05) is 20.6 Å². The second-order valence-corrected chi connectivity index (χ2v) is 3.50. The molecule has 1 aromatic heterocycles. The molecule has 0 radical (unpaired) electrons. The smallest absolute Gasteiger partial charge is 0.332 e. The minimum absolute atomic E-state index is 0.134. The third kappa shape index (κ3) is 2.32. The summed E-state index contributed by atoms with van der Waals surface area (Å²) >= 11 is 0. The van der Waals surface area contributed by atoms with Gasteiger partial charge in [-0.1, -0.05) is 6.08 Å². The Hall–Kier alpha value is -2.18. The number of nitrogens with zero attached hydrogens (tertiary/aromatic N) is 3. The molecule has 0 atom stereocenters. The van der Waals surface area contributed by atoms with Gasteiger partial charge in [-0.05, 0) is 11.6 Å². The minimum atomic E-state index is -0.704. The van der Waals surface area contributed by atoms with E-state index in [0.717, 1.165) is 4.57 Å². The lowest BCUT2D eigenvalue weighted by Crippen LogP contribution is -2.38. The third-order valence-electron chi connectivity index (χ3n) is 2.37. The summed E-state index contributed by atoms with van der Waals surface area (Å²) in [6, 6.07) is 0. The summed E-state index contributed by atoms with van der Waals surface area (Å²) in [5.74, 6) is 0.134. The Morgan fingerprint density at radius 2 is 2.00 bits per heavy atom. The standard InChI is InChI=1S/C10H14N4O3/c1-4-5-6-11-8-7(12-17)9(15)14(3)10(16)13(8)2/h4,11H,1,5-6H2,2-3H3. The van der Waals surface area contributed by atoms with Crippen LogP contribution in [0.3, 0.4) is 0 Å². The molecule has 0 aliphatic rings. The van der Waals surface area contributed by atoms with Gasteiger partial charge in [0.1, 0.15) is 5.82 Å². The molecule has 7 nitrogen and oxygen atoms in total. The SMILES string of the molecule is C=CCCNc1c(N=O)c(=O)n(C)c(=O)n1C. The van der Waals surface area contributed by atoms with Crippen molar-refractivity contribution < 1.29 is 0 Å². The van der Waals surface area contributed by atoms with E-state index < -0.39 is 11.2 Å². The lowest BCUT2D eigenvalue weighted by atomic mass is 10.4. The first-order valence-corrected chi connectivity index (χ1v) is 5.02. The van der Waals surface area contributed by atoms with Crippen molar-refractivity contribution in [2.45, 2.75) is 6.42 Å². The fraction of sp³-hybridized carbons (Fsp3) is 0.400. The first kappa shape index (κ1) is 12.9. The Bertz CT molecular complexity index is 556. The van der Waals surface area contributed by atoms with E-state index in [4.69, 9.17) is 0 Å². The highest BCUT2D eigenvalue weighted by Crippen LogP contribution is 2.16. The maximum absolute atomic E-state index is 11.6. The molecule has 1 heterocycles. The van der Waals surface area contributed by atoms with Crippen molar-refractivity contribution in [1.29, 1.82) is 0 Å². The van der Waals surface area contributed by atoms with Crippen LogP contribution in [0.25, 0.3) is 0 Å². The number of anilines is 1. The highest BCUT2D eigenvalue weighted by molar-refractivity contribution is 5.59. The zero-order valence-corrected chi connectivity index (χ0v) is 9.77. The first-order valence-electron chi connectivity index (χ1n) is 5.02. The van der Waals surface area contributed by atoms with Crippen LogP contribution in [-0.4, -0.2) is 15.7 Å². The van der Waals surface area contributed by atoms with Gasteiger partial charge in [-0.15, -0.1) is 11.5 Å². The van der Waals surface area contributed by atoms with Crippen LogP contribution in [0.4, 0.5) is 11.5 Å². The zero-order chi connectivity index (χ0) is 13.0. The summed E-state index contributed by atoms with van der Waals surface area (Å²) in [6.07, 6.45) is 2.32. The molecule has 1 aromatic rings. The van der Waals surface area contributed by atoms with Crippen LogP contribution in [0.2, 0.25) is 0 Å². The Morgan fingerprint density at radius 1 is 1.35 bits per heavy atom. The highest BCUT2D eigenvalue weighted by atomic mass is 16.3. The fourth-order valence-electron chi connectivity index (χ4n) is 1.40. The molecule has 0 aliphatic carbocycles. The summed E-state index contributed by atoms with van der Waals surface area (Å²) in [7, 11) is 2.76. The van der Waals surface area contributed by atoms with Crippen LogP contribution in [0.1, 0.15) is 6.42 Å². The van der Waals surface area contributed by atoms with Gasteiger partial charge in [-0.3, -0.25) is 13.9 Å². The first-order chi connectivity index (χ1) is 8.04. The normalized spacial score (nSPS) is 10.0. The number of rotatable bonds is 5. The number of nitrogens with one attached hydrogen (secondary N) is 1. The highest BCUT2D eigenvalue weighted by Gasteiger charge is 2.15. The number of hydrogen-bond acceptors (Lipinski definition) is 5. The van der Waals surface area contributed by atoms with Gasteiger partial charge in [0.25, 0.3) is 5.56 Å². The fourth-order valence-corrected chi connectivity index (χ4v) is 1.40. The average molecular weight is 238 g/mol. The van der Waals surface area contributed by atoms with Crippen molar-refractivity contribution in [3.8, 4) is 0 Å². The molecule has 7 heteroatoms. The number of aromatic nitrogens is 2. The molecule has 0 saturated heterocycles. The van der Waals surface area contributed by atoms with Crippen LogP contribution in [0.5, 0.6) is 0 Å². The van der Waals surface area contributed by atoms with Crippen LogP contribution >= 0.6 is 0 Å². The number of nitroso groups, excluding NO2 is 1. The second kappa shape index (κ2) is 5.24. The maximum Gasteiger partial charge on any atom is 0.332 e. The van der Waals surface area contributed by atoms with Crippen molar-refractivity contribution >= 4 is 11.5 Å². The van der Waals surface area contributed by atoms with Gasteiger partial charge >= 0.3 is 5.69 Å². The summed E-state index contributed by atoms with van der Waals surface area (Å²) < 4.78 is 2.02. The molecule has 0 bridgehead atoms. The second-order valence-electron chi connectivity index (χ2n) is 3.50. The van der Waals surface area contributed by atoms with Gasteiger partial charge in [0.2, 0.25) is 5.69 Å². The molecule has 0 amide bonds. The van der Waals surface area contributed by atoms with E-state index in [1.54, 1.807) is 6.08 Å². The van der Waals surface area contributed by atoms with E-state index in [0.29, 0.717) is 13.0 Å². The van der Waals surface area contributed by atoms with E-state index in [9.17, 15) is 14.5 Å². The van der Waals surface area contributed by atoms with E-state index >= 15 is 0 Å². The molecule has 0 saturated carbocycles. The summed E-state index contributed by atoms with van der Waals surface area (Å²) in [5, 5.41) is 5.51. The Kier molecular flexibility index (Phi) is 3.97. The van der Waals surface area contributed by atoms with Crippen LogP contribution in [-0.2, 0) is 14.1 Å². The summed E-state index contributed by atoms with van der Waals surface area (Å²) in [6.45, 7) is 4.01. The van der Waals surface area contributed by atoms with Crippen molar-refractivity contribution in [1.82, 2.24) is 9.13 Å². The minimum Gasteiger partial charge on any atom is -0.369 e. The van der Waals surface area contributed by atoms with Crippen LogP contribution in [0, 0.1) is 4.91 Å². The Morgan fingerprint density at radius 3 is 2.53 bits per heavy atom. The predicted octanol–water partition coefficient (Wildman–Crippen LogP) is 0.470. The number of hydrogen-bond donors (Lipinski definition) is 1. The molecule has 17 heavy (non-hydrogen) atoms. The van der Waals surface area contributed by atoms with E-state index in [1.165, 1.54) is 18.7 Å². The molecule has 0 aromatic carbocycles. The molecule has 92 valence electrons. The predicted molar refractivity (Wildman–Crippen MR) is 65.7 cm³/mol. The quantitative estimate of drug-likeness (QED) is 0.459. The Balaban J connectivity index is 3.37. The lowest BCUT2D eigenvalue weighted by Gasteiger charge is -2.12. The molecule has 1 rings (SSSR count). The van der Waals surface area contributed by atoms with Gasteiger partial charge < -0.3 is 5.32 Å². The van der Waals surface area contributed by atoms with Gasteiger partial charge in [-0.2, -0.15) is 0 Å². The largest absolute Gasteiger partial charge is 0.369 e. The Labute approximate surface area is 97.4 Å². The van der Waals surface area contributed by atoms with Gasteiger partial charge in [-0.25, -0.2) is 4.79 Å². The lowest BCUT2D eigenvalue weighted by molar-refractivity contribution is 0.690. The zero-order valence-electron chi connectivity index (χ0n) is 9.77. The summed E-state index contributed by atoms with van der Waals surface area (Å²) in [5.41, 5.74) is -1.51. The average Bonchev–Trinajstić information content (AvgIpc) is 2.33. The molecule has 0 aliphatic heterocycles. The van der Waals surface area contributed by atoms with E-state index in [-0.39, 0.29) is 11.5 Å². The molecular weight excluding hydrogens is 224 g/mol. The third-order valence-corrected chi connectivity index (χ3v) is 2.37. The van der Waals surface area contributed by atoms with E-state index in [1.807, 2.05) is 0 Å². The van der Waals surface area contributed by atoms with Crippen molar-refractivity contribution in [2.75, 3.05) is 11.9 Å². The maximum atomic E-state index is 11.6. The van der Waals surface area contributed by atoms with Crippen LogP contribution < -0.4 is 16.6 Å². The molecule has 1 N–H and O–H groups in total. The molecular formula is C10H14N4O3. The molecule has 0 unspecified atom stereocenters. The summed E-state index contributed by atoms with van der Waals surface area (Å²) in [4.78, 5) is 33.9. The van der Waals surface area contributed by atoms with Gasteiger partial charge in [0.15, 0.2) is 0 Å². The monoisotopic (exact) mass is 238 g/mol. The topological polar surface area (TPSA) is 85.5 Å². The van der Waals surface area contributed by atoms with Crippen LogP contribution in [0.15, 0.2) is 27.4 Å². The van der Waals surface area contributed by atoms with Crippen molar-refractivity contribution in [3.63, 3.8) is 0 Å².